The Balaban J connectivity index is 1.74. The van der Waals surface area contributed by atoms with E-state index in [1.807, 2.05) is 61.5 Å². The molecule has 3 aromatic rings. The van der Waals surface area contributed by atoms with E-state index in [0.29, 0.717) is 18.7 Å². The summed E-state index contributed by atoms with van der Waals surface area (Å²) in [6.45, 7) is 2.81. The van der Waals surface area contributed by atoms with Gasteiger partial charge in [-0.2, -0.15) is 5.10 Å². The Hall–Kier alpha value is -2.92. The van der Waals surface area contributed by atoms with E-state index < -0.39 is 0 Å². The summed E-state index contributed by atoms with van der Waals surface area (Å²) >= 11 is 0. The lowest BCUT2D eigenvalue weighted by Gasteiger charge is -2.21. The number of carbonyl (C=O) groups is 1. The van der Waals surface area contributed by atoms with Crippen LogP contribution < -0.4 is 0 Å². The number of nitrogens with zero attached hydrogens (tertiary/aromatic N) is 3. The van der Waals surface area contributed by atoms with Crippen LogP contribution in [0.1, 0.15) is 21.5 Å². The monoisotopic (exact) mass is 349 g/mol. The fourth-order valence-electron chi connectivity index (χ4n) is 2.91. The maximum absolute atomic E-state index is 12.8. The van der Waals surface area contributed by atoms with Crippen LogP contribution in [0.5, 0.6) is 0 Å². The molecular formula is C21H23N3O2. The third-order valence-corrected chi connectivity index (χ3v) is 4.36. The molecule has 1 N–H and O–H groups in total. The Labute approximate surface area is 153 Å². The van der Waals surface area contributed by atoms with Gasteiger partial charge in [0, 0.05) is 19.3 Å². The molecule has 1 amide bonds. The minimum absolute atomic E-state index is 0.0630. The molecule has 5 heteroatoms. The molecule has 0 fully saturated rings. The van der Waals surface area contributed by atoms with Crippen LogP contribution in [0.15, 0.2) is 67.0 Å². The van der Waals surface area contributed by atoms with Gasteiger partial charge in [0.2, 0.25) is 0 Å². The Morgan fingerprint density at radius 1 is 1.08 bits per heavy atom. The Bertz CT molecular complexity index is 858. The molecule has 0 bridgehead atoms. The molecular weight excluding hydrogens is 326 g/mol. The Morgan fingerprint density at radius 3 is 2.54 bits per heavy atom. The highest BCUT2D eigenvalue weighted by Gasteiger charge is 2.17. The highest BCUT2D eigenvalue weighted by molar-refractivity contribution is 5.93. The zero-order chi connectivity index (χ0) is 18.4. The van der Waals surface area contributed by atoms with E-state index in [4.69, 9.17) is 0 Å². The normalized spacial score (nSPS) is 10.7. The molecule has 0 aliphatic rings. The average Bonchev–Trinajstić information content (AvgIpc) is 3.15. The van der Waals surface area contributed by atoms with E-state index in [1.54, 1.807) is 22.0 Å². The van der Waals surface area contributed by atoms with E-state index in [0.717, 1.165) is 17.7 Å². The third kappa shape index (κ3) is 4.18. The summed E-state index contributed by atoms with van der Waals surface area (Å²) in [5, 5.41) is 13.7. The number of aliphatic hydroxyl groups excluding tert-OH is 1. The minimum atomic E-state index is -0.116. The minimum Gasteiger partial charge on any atom is -0.395 e. The summed E-state index contributed by atoms with van der Waals surface area (Å²) in [5.74, 6) is -0.116. The van der Waals surface area contributed by atoms with Crippen LogP contribution in [0.2, 0.25) is 0 Å². The summed E-state index contributed by atoms with van der Waals surface area (Å²) in [5.41, 5.74) is 3.73. The van der Waals surface area contributed by atoms with Crippen molar-refractivity contribution in [3.05, 3.63) is 83.7 Å². The number of aliphatic hydroxyl groups is 1. The van der Waals surface area contributed by atoms with Crippen LogP contribution in [0.25, 0.3) is 5.69 Å². The summed E-state index contributed by atoms with van der Waals surface area (Å²) in [6.07, 6.45) is 4.08. The van der Waals surface area contributed by atoms with Crippen molar-refractivity contribution in [3.63, 3.8) is 0 Å². The zero-order valence-corrected chi connectivity index (χ0v) is 14.9. The fourth-order valence-corrected chi connectivity index (χ4v) is 2.91. The Kier molecular flexibility index (Phi) is 5.81. The molecule has 26 heavy (non-hydrogen) atoms. The van der Waals surface area contributed by atoms with Crippen molar-refractivity contribution in [2.75, 3.05) is 19.7 Å². The van der Waals surface area contributed by atoms with Crippen LogP contribution in [0.4, 0.5) is 0 Å². The first-order chi connectivity index (χ1) is 12.7. The molecule has 0 saturated carbocycles. The van der Waals surface area contributed by atoms with Crippen molar-refractivity contribution in [2.24, 2.45) is 0 Å². The van der Waals surface area contributed by atoms with Gasteiger partial charge in [0.15, 0.2) is 0 Å². The SMILES string of the molecule is Cc1ccccc1-n1cc(C(=O)N(CCO)CCc2ccccc2)cn1. The van der Waals surface area contributed by atoms with Crippen LogP contribution >= 0.6 is 0 Å². The van der Waals surface area contributed by atoms with Gasteiger partial charge in [-0.1, -0.05) is 48.5 Å². The highest BCUT2D eigenvalue weighted by atomic mass is 16.3. The predicted octanol–water partition coefficient (Wildman–Crippen LogP) is 2.86. The molecule has 0 unspecified atom stereocenters. The van der Waals surface area contributed by atoms with Gasteiger partial charge < -0.3 is 10.0 Å². The van der Waals surface area contributed by atoms with Gasteiger partial charge in [-0.3, -0.25) is 4.79 Å². The van der Waals surface area contributed by atoms with Crippen LogP contribution in [0.3, 0.4) is 0 Å². The van der Waals surface area contributed by atoms with Crippen molar-refractivity contribution in [1.82, 2.24) is 14.7 Å². The van der Waals surface area contributed by atoms with Crippen molar-refractivity contribution < 1.29 is 9.90 Å². The van der Waals surface area contributed by atoms with Gasteiger partial charge in [-0.05, 0) is 30.5 Å². The van der Waals surface area contributed by atoms with Gasteiger partial charge in [0.1, 0.15) is 0 Å². The maximum atomic E-state index is 12.8. The molecule has 0 saturated heterocycles. The number of benzene rings is 2. The van der Waals surface area contributed by atoms with Gasteiger partial charge in [0.05, 0.1) is 24.1 Å². The quantitative estimate of drug-likeness (QED) is 0.713. The average molecular weight is 349 g/mol. The second-order valence-corrected chi connectivity index (χ2v) is 6.21. The first-order valence-electron chi connectivity index (χ1n) is 8.74. The summed E-state index contributed by atoms with van der Waals surface area (Å²) in [4.78, 5) is 14.5. The standard InChI is InChI=1S/C21H23N3O2/c1-17-7-5-6-10-20(17)24-16-19(15-22-24)21(26)23(13-14-25)12-11-18-8-3-2-4-9-18/h2-10,15-16,25H,11-14H2,1H3. The van der Waals surface area contributed by atoms with E-state index in [-0.39, 0.29) is 12.5 Å². The topological polar surface area (TPSA) is 58.4 Å². The first-order valence-corrected chi connectivity index (χ1v) is 8.74. The number of carbonyl (C=O) groups excluding carboxylic acids is 1. The molecule has 0 aliphatic carbocycles. The van der Waals surface area contributed by atoms with E-state index in [1.165, 1.54) is 5.56 Å². The van der Waals surface area contributed by atoms with Gasteiger partial charge in [-0.15, -0.1) is 0 Å². The second-order valence-electron chi connectivity index (χ2n) is 6.21. The number of aromatic nitrogens is 2. The molecule has 0 spiro atoms. The summed E-state index contributed by atoms with van der Waals surface area (Å²) in [7, 11) is 0. The first kappa shape index (κ1) is 17.9. The molecule has 5 nitrogen and oxygen atoms in total. The summed E-state index contributed by atoms with van der Waals surface area (Å²) < 4.78 is 1.72. The number of amides is 1. The molecule has 134 valence electrons. The van der Waals surface area contributed by atoms with Gasteiger partial charge in [-0.25, -0.2) is 4.68 Å². The van der Waals surface area contributed by atoms with Crippen molar-refractivity contribution in [2.45, 2.75) is 13.3 Å². The van der Waals surface area contributed by atoms with Crippen molar-refractivity contribution in [3.8, 4) is 5.69 Å². The molecule has 1 heterocycles. The number of rotatable bonds is 7. The van der Waals surface area contributed by atoms with Crippen LogP contribution in [0, 0.1) is 6.92 Å². The molecule has 2 aromatic carbocycles. The maximum Gasteiger partial charge on any atom is 0.257 e. The highest BCUT2D eigenvalue weighted by Crippen LogP contribution is 2.14. The number of para-hydroxylation sites is 1. The van der Waals surface area contributed by atoms with Crippen LogP contribution in [-0.2, 0) is 6.42 Å². The summed E-state index contributed by atoms with van der Waals surface area (Å²) in [6, 6.07) is 17.9. The van der Waals surface area contributed by atoms with Crippen molar-refractivity contribution in [1.29, 1.82) is 0 Å². The van der Waals surface area contributed by atoms with E-state index >= 15 is 0 Å². The van der Waals surface area contributed by atoms with Crippen LogP contribution in [-0.4, -0.2) is 45.4 Å². The number of aryl methyl sites for hydroxylation is 1. The van der Waals surface area contributed by atoms with E-state index in [9.17, 15) is 9.90 Å². The largest absolute Gasteiger partial charge is 0.395 e. The molecule has 3 rings (SSSR count). The molecule has 1 aromatic heterocycles. The van der Waals surface area contributed by atoms with E-state index in [2.05, 4.69) is 5.10 Å². The second kappa shape index (κ2) is 8.45. The molecule has 0 radical (unpaired) electrons. The lowest BCUT2D eigenvalue weighted by atomic mass is 10.1. The predicted molar refractivity (Wildman–Crippen MR) is 101 cm³/mol. The molecule has 0 aliphatic heterocycles. The number of hydrogen-bond donors (Lipinski definition) is 1. The third-order valence-electron chi connectivity index (χ3n) is 4.36. The lowest BCUT2D eigenvalue weighted by molar-refractivity contribution is 0.0724. The lowest BCUT2D eigenvalue weighted by Crippen LogP contribution is -2.35. The fraction of sp³-hybridized carbons (Fsp3) is 0.238. The van der Waals surface area contributed by atoms with Crippen molar-refractivity contribution >= 4 is 5.91 Å². The molecule has 0 atom stereocenters. The van der Waals surface area contributed by atoms with Gasteiger partial charge >= 0.3 is 0 Å². The Morgan fingerprint density at radius 2 is 1.81 bits per heavy atom. The smallest absolute Gasteiger partial charge is 0.257 e. The number of hydrogen-bond acceptors (Lipinski definition) is 3. The zero-order valence-electron chi connectivity index (χ0n) is 14.9. The van der Waals surface area contributed by atoms with Gasteiger partial charge in [0.25, 0.3) is 5.91 Å².